The smallest absolute Gasteiger partial charge is 0.305 e. The monoisotopic (exact) mass is 252 g/mol. The number of para-hydroxylation sites is 2. The summed E-state index contributed by atoms with van der Waals surface area (Å²) in [4.78, 5) is 22.8. The average Bonchev–Trinajstić information content (AvgIpc) is 2.28. The van der Waals surface area contributed by atoms with Crippen molar-refractivity contribution in [3.63, 3.8) is 0 Å². The highest BCUT2D eigenvalue weighted by Gasteiger charge is 2.21. The van der Waals surface area contributed by atoms with Gasteiger partial charge in [0.25, 0.3) is 5.69 Å². The van der Waals surface area contributed by atoms with Gasteiger partial charge in [-0.15, -0.1) is 0 Å². The minimum absolute atomic E-state index is 0.00316. The van der Waals surface area contributed by atoms with Crippen LogP contribution in [0.25, 0.3) is 0 Å². The minimum atomic E-state index is -0.917. The molecule has 1 aromatic carbocycles. The van der Waals surface area contributed by atoms with Gasteiger partial charge in [-0.2, -0.15) is 0 Å². The predicted molar refractivity (Wildman–Crippen MR) is 67.8 cm³/mol. The van der Waals surface area contributed by atoms with Gasteiger partial charge in [0.05, 0.1) is 11.3 Å². The molecule has 98 valence electrons. The fourth-order valence-corrected chi connectivity index (χ4v) is 1.73. The molecule has 0 bridgehead atoms. The highest BCUT2D eigenvalue weighted by Crippen LogP contribution is 2.29. The van der Waals surface area contributed by atoms with E-state index in [9.17, 15) is 14.9 Å². The first kappa shape index (κ1) is 14.0. The summed E-state index contributed by atoms with van der Waals surface area (Å²) >= 11 is 0. The lowest BCUT2D eigenvalue weighted by molar-refractivity contribution is -0.384. The highest BCUT2D eigenvalue weighted by molar-refractivity contribution is 5.69. The Kier molecular flexibility index (Phi) is 4.65. The van der Waals surface area contributed by atoms with Crippen LogP contribution in [0.2, 0.25) is 0 Å². The van der Waals surface area contributed by atoms with Crippen molar-refractivity contribution in [1.29, 1.82) is 0 Å². The second-order valence-electron chi connectivity index (χ2n) is 4.18. The van der Waals surface area contributed by atoms with E-state index in [2.05, 4.69) is 0 Å². The van der Waals surface area contributed by atoms with Gasteiger partial charge in [-0.3, -0.25) is 14.9 Å². The second kappa shape index (κ2) is 6.00. The number of benzene rings is 1. The van der Waals surface area contributed by atoms with E-state index in [-0.39, 0.29) is 24.7 Å². The van der Waals surface area contributed by atoms with E-state index in [1.165, 1.54) is 6.07 Å². The van der Waals surface area contributed by atoms with Crippen molar-refractivity contribution in [2.24, 2.45) is 0 Å². The Morgan fingerprint density at radius 1 is 1.44 bits per heavy atom. The summed E-state index contributed by atoms with van der Waals surface area (Å²) in [6.07, 6.45) is -0.0514. The molecule has 1 rings (SSSR count). The molecule has 0 saturated heterocycles. The van der Waals surface area contributed by atoms with E-state index >= 15 is 0 Å². The molecule has 0 aliphatic carbocycles. The van der Waals surface area contributed by atoms with Gasteiger partial charge in [0, 0.05) is 18.7 Å². The van der Waals surface area contributed by atoms with Crippen LogP contribution < -0.4 is 4.90 Å². The highest BCUT2D eigenvalue weighted by atomic mass is 16.6. The molecule has 0 aromatic heterocycles. The molecule has 1 N–H and O–H groups in total. The third kappa shape index (κ3) is 3.44. The fraction of sp³-hybridized carbons (Fsp3) is 0.417. The SMILES string of the molecule is CC(C)N(CCC(=O)O)c1ccccc1[N+](=O)[O-]. The third-order valence-electron chi connectivity index (χ3n) is 2.58. The Morgan fingerprint density at radius 3 is 2.56 bits per heavy atom. The summed E-state index contributed by atoms with van der Waals surface area (Å²) in [5.41, 5.74) is 0.454. The number of nitro groups is 1. The van der Waals surface area contributed by atoms with Crippen molar-refractivity contribution in [3.05, 3.63) is 34.4 Å². The van der Waals surface area contributed by atoms with Gasteiger partial charge < -0.3 is 10.0 Å². The third-order valence-corrected chi connectivity index (χ3v) is 2.58. The number of rotatable bonds is 6. The lowest BCUT2D eigenvalue weighted by Gasteiger charge is -2.27. The maximum atomic E-state index is 10.9. The first-order chi connectivity index (χ1) is 8.43. The zero-order valence-corrected chi connectivity index (χ0v) is 10.4. The zero-order valence-electron chi connectivity index (χ0n) is 10.4. The van der Waals surface area contributed by atoms with Crippen LogP contribution in [0.15, 0.2) is 24.3 Å². The van der Waals surface area contributed by atoms with E-state index in [0.29, 0.717) is 5.69 Å². The van der Waals surface area contributed by atoms with Gasteiger partial charge in [0.1, 0.15) is 5.69 Å². The Balaban J connectivity index is 3.05. The fourth-order valence-electron chi connectivity index (χ4n) is 1.73. The number of carboxylic acid groups (broad SMARTS) is 1. The molecule has 18 heavy (non-hydrogen) atoms. The molecule has 6 nitrogen and oxygen atoms in total. The maximum Gasteiger partial charge on any atom is 0.305 e. The first-order valence-electron chi connectivity index (χ1n) is 5.65. The number of anilines is 1. The second-order valence-corrected chi connectivity index (χ2v) is 4.18. The van der Waals surface area contributed by atoms with Gasteiger partial charge in [0.15, 0.2) is 0 Å². The first-order valence-corrected chi connectivity index (χ1v) is 5.65. The molecule has 0 aliphatic rings. The van der Waals surface area contributed by atoms with Crippen LogP contribution in [0.1, 0.15) is 20.3 Å². The molecule has 0 aliphatic heterocycles. The minimum Gasteiger partial charge on any atom is -0.481 e. The molecule has 0 spiro atoms. The van der Waals surface area contributed by atoms with E-state index in [4.69, 9.17) is 5.11 Å². The van der Waals surface area contributed by atoms with E-state index in [0.717, 1.165) is 0 Å². The number of nitro benzene ring substituents is 1. The number of nitrogens with zero attached hydrogens (tertiary/aromatic N) is 2. The largest absolute Gasteiger partial charge is 0.481 e. The van der Waals surface area contributed by atoms with Crippen LogP contribution in [-0.4, -0.2) is 28.6 Å². The van der Waals surface area contributed by atoms with Gasteiger partial charge in [-0.25, -0.2) is 0 Å². The summed E-state index contributed by atoms with van der Waals surface area (Å²) in [7, 11) is 0. The van der Waals surface area contributed by atoms with Crippen molar-refractivity contribution in [2.75, 3.05) is 11.4 Å². The lowest BCUT2D eigenvalue weighted by atomic mass is 10.2. The summed E-state index contributed by atoms with van der Waals surface area (Å²) in [6.45, 7) is 4.00. The molecule has 0 unspecified atom stereocenters. The molecule has 0 amide bonds. The Hall–Kier alpha value is -2.11. The van der Waals surface area contributed by atoms with Crippen LogP contribution in [0.3, 0.4) is 0 Å². The van der Waals surface area contributed by atoms with Crippen molar-refractivity contribution < 1.29 is 14.8 Å². The molecular formula is C12H16N2O4. The Bertz CT molecular complexity index is 445. The predicted octanol–water partition coefficient (Wildman–Crippen LogP) is 2.28. The van der Waals surface area contributed by atoms with Gasteiger partial charge >= 0.3 is 5.97 Å². The maximum absolute atomic E-state index is 10.9. The van der Waals surface area contributed by atoms with Crippen LogP contribution in [0.5, 0.6) is 0 Å². The standard InChI is InChI=1S/C12H16N2O4/c1-9(2)13(8-7-12(15)16)10-5-3-4-6-11(10)14(17)18/h3-6,9H,7-8H2,1-2H3,(H,15,16). The zero-order chi connectivity index (χ0) is 13.7. The van der Waals surface area contributed by atoms with Crippen molar-refractivity contribution in [3.8, 4) is 0 Å². The van der Waals surface area contributed by atoms with Crippen molar-refractivity contribution in [2.45, 2.75) is 26.3 Å². The van der Waals surface area contributed by atoms with Crippen LogP contribution in [-0.2, 0) is 4.79 Å². The molecule has 0 heterocycles. The molecule has 0 radical (unpaired) electrons. The summed E-state index contributed by atoms with van der Waals surface area (Å²) < 4.78 is 0. The molecular weight excluding hydrogens is 236 g/mol. The van der Waals surface area contributed by atoms with E-state index in [1.807, 2.05) is 13.8 Å². The number of carbonyl (C=O) groups is 1. The Morgan fingerprint density at radius 2 is 2.06 bits per heavy atom. The normalized spacial score (nSPS) is 10.4. The number of aliphatic carboxylic acids is 1. The Labute approximate surface area is 105 Å². The van der Waals surface area contributed by atoms with Gasteiger partial charge in [-0.1, -0.05) is 12.1 Å². The molecule has 0 atom stereocenters. The number of carboxylic acids is 1. The molecule has 1 aromatic rings. The van der Waals surface area contributed by atoms with Gasteiger partial charge in [0.2, 0.25) is 0 Å². The average molecular weight is 252 g/mol. The van der Waals surface area contributed by atoms with Crippen molar-refractivity contribution in [1.82, 2.24) is 0 Å². The van der Waals surface area contributed by atoms with Crippen molar-refractivity contribution >= 4 is 17.3 Å². The van der Waals surface area contributed by atoms with Crippen LogP contribution in [0.4, 0.5) is 11.4 Å². The summed E-state index contributed by atoms with van der Waals surface area (Å²) in [6, 6.07) is 6.35. The van der Waals surface area contributed by atoms with Gasteiger partial charge in [-0.05, 0) is 19.9 Å². The summed E-state index contributed by atoms with van der Waals surface area (Å²) in [5.74, 6) is -0.917. The molecule has 0 saturated carbocycles. The van der Waals surface area contributed by atoms with E-state index < -0.39 is 10.9 Å². The quantitative estimate of drug-likeness (QED) is 0.620. The van der Waals surface area contributed by atoms with Crippen LogP contribution in [0, 0.1) is 10.1 Å². The molecule has 0 fully saturated rings. The summed E-state index contributed by atoms with van der Waals surface area (Å²) in [5, 5.41) is 19.7. The van der Waals surface area contributed by atoms with Crippen LogP contribution >= 0.6 is 0 Å². The number of hydrogen-bond acceptors (Lipinski definition) is 4. The number of hydrogen-bond donors (Lipinski definition) is 1. The lowest BCUT2D eigenvalue weighted by Crippen LogP contribution is -2.33. The van der Waals surface area contributed by atoms with E-state index in [1.54, 1.807) is 23.1 Å². The molecule has 6 heteroatoms. The topological polar surface area (TPSA) is 83.7 Å².